The summed E-state index contributed by atoms with van der Waals surface area (Å²) in [6, 6.07) is 7.27. The molecule has 4 fully saturated rings. The molecule has 11 nitrogen and oxygen atoms in total. The van der Waals surface area contributed by atoms with Gasteiger partial charge in [-0.3, -0.25) is 20.4 Å². The summed E-state index contributed by atoms with van der Waals surface area (Å²) in [5, 5.41) is 36.1. The van der Waals surface area contributed by atoms with E-state index in [2.05, 4.69) is 81.9 Å². The summed E-state index contributed by atoms with van der Waals surface area (Å²) in [5.41, 5.74) is 10.2. The lowest BCUT2D eigenvalue weighted by Gasteiger charge is -2.44. The van der Waals surface area contributed by atoms with Gasteiger partial charge < -0.3 is 31.3 Å². The second kappa shape index (κ2) is 11.5. The minimum atomic E-state index is -0.956. The molecule has 41 heavy (non-hydrogen) atoms. The zero-order chi connectivity index (χ0) is 29.1. The van der Waals surface area contributed by atoms with Gasteiger partial charge in [0, 0.05) is 12.6 Å². The summed E-state index contributed by atoms with van der Waals surface area (Å²) in [6.07, 6.45) is 1.91. The first-order chi connectivity index (χ1) is 19.5. The van der Waals surface area contributed by atoms with Crippen LogP contribution >= 0.6 is 0 Å². The largest absolute Gasteiger partial charge is 0.387 e. The number of nitrogens with two attached hydrogens (primary N) is 1. The minimum Gasteiger partial charge on any atom is -0.387 e. The number of ether oxygens (including phenoxy) is 1. The number of rotatable bonds is 8. The molecule has 6 rings (SSSR count). The van der Waals surface area contributed by atoms with Gasteiger partial charge in [0.25, 0.3) is 0 Å². The Kier molecular flexibility index (Phi) is 8.29. The Morgan fingerprint density at radius 1 is 1.05 bits per heavy atom. The number of nitrogens with zero attached hydrogens (tertiary/aromatic N) is 3. The molecule has 11 heteroatoms. The summed E-state index contributed by atoms with van der Waals surface area (Å²) in [7, 11) is 2.04. The fraction of sp³-hybridized carbons (Fsp3) is 0.800. The van der Waals surface area contributed by atoms with Crippen molar-refractivity contribution >= 4 is 11.4 Å². The van der Waals surface area contributed by atoms with Crippen molar-refractivity contribution in [3.05, 3.63) is 23.8 Å². The van der Waals surface area contributed by atoms with Gasteiger partial charge in [0.1, 0.15) is 24.5 Å². The molecule has 1 aromatic rings. The van der Waals surface area contributed by atoms with Gasteiger partial charge in [0.05, 0.1) is 49.3 Å². The summed E-state index contributed by atoms with van der Waals surface area (Å²) >= 11 is 0. The van der Waals surface area contributed by atoms with Gasteiger partial charge in [-0.25, -0.2) is 4.90 Å². The van der Waals surface area contributed by atoms with E-state index in [1.54, 1.807) is 0 Å². The van der Waals surface area contributed by atoms with Crippen LogP contribution in [0.25, 0.3) is 0 Å². The highest BCUT2D eigenvalue weighted by atomic mass is 16.6. The number of nitrogens with one attached hydrogen (secondary N) is 4. The molecule has 4 unspecified atom stereocenters. The predicted molar refractivity (Wildman–Crippen MR) is 161 cm³/mol. The van der Waals surface area contributed by atoms with Crippen molar-refractivity contribution in [3.8, 4) is 0 Å². The van der Waals surface area contributed by atoms with Crippen LogP contribution in [0.4, 0.5) is 11.4 Å². The predicted octanol–water partition coefficient (Wildman–Crippen LogP) is 0.810. The second-order valence-corrected chi connectivity index (χ2v) is 14.0. The Bertz CT molecular complexity index is 1060. The van der Waals surface area contributed by atoms with Crippen LogP contribution in [-0.2, 0) is 10.2 Å². The van der Waals surface area contributed by atoms with Gasteiger partial charge in [-0.15, -0.1) is 0 Å². The highest BCUT2D eigenvalue weighted by Gasteiger charge is 2.53. The number of likely N-dealkylation sites (N-methyl/N-ethyl adjacent to an activating group) is 2. The number of benzene rings is 1. The SMILES string of the molecule is CCN(C[C@H]1O[C@@H](N2CNC3C(N)NCN(C)C32)[C@H](O)[C@@H]1O)C1CC(CCC2Nc3ccc(C(C)(C)C)cc3N2)C1. The van der Waals surface area contributed by atoms with Gasteiger partial charge >= 0.3 is 0 Å². The van der Waals surface area contributed by atoms with E-state index in [0.29, 0.717) is 31.8 Å². The molecule has 1 saturated carbocycles. The number of fused-ring (bicyclic) bond motifs is 2. The third-order valence-corrected chi connectivity index (χ3v) is 10.2. The van der Waals surface area contributed by atoms with Crippen LogP contribution in [0.5, 0.6) is 0 Å². The molecular formula is C30H52N8O3. The lowest BCUT2D eigenvalue weighted by Crippen LogP contribution is -2.68. The second-order valence-electron chi connectivity index (χ2n) is 14.0. The van der Waals surface area contributed by atoms with E-state index >= 15 is 0 Å². The highest BCUT2D eigenvalue weighted by Crippen LogP contribution is 2.39. The highest BCUT2D eigenvalue weighted by molar-refractivity contribution is 5.75. The van der Waals surface area contributed by atoms with Gasteiger partial charge in [0.2, 0.25) is 0 Å². The molecule has 8 N–H and O–H groups in total. The molecule has 5 aliphatic rings. The van der Waals surface area contributed by atoms with Crippen LogP contribution < -0.4 is 27.0 Å². The molecule has 3 saturated heterocycles. The van der Waals surface area contributed by atoms with Gasteiger partial charge in [-0.1, -0.05) is 33.8 Å². The average molecular weight is 573 g/mol. The van der Waals surface area contributed by atoms with E-state index in [1.165, 1.54) is 36.2 Å². The summed E-state index contributed by atoms with van der Waals surface area (Å²) < 4.78 is 6.40. The van der Waals surface area contributed by atoms with Crippen molar-refractivity contribution in [2.24, 2.45) is 11.7 Å². The van der Waals surface area contributed by atoms with Crippen LogP contribution in [-0.4, -0.2) is 114 Å². The number of aliphatic hydroxyl groups is 2. The van der Waals surface area contributed by atoms with Crippen LogP contribution in [0.15, 0.2) is 18.2 Å². The van der Waals surface area contributed by atoms with Gasteiger partial charge in [-0.2, -0.15) is 0 Å². The van der Waals surface area contributed by atoms with Crippen molar-refractivity contribution in [3.63, 3.8) is 0 Å². The maximum absolute atomic E-state index is 11.0. The third kappa shape index (κ3) is 5.73. The zero-order valence-electron chi connectivity index (χ0n) is 25.4. The Morgan fingerprint density at radius 3 is 2.54 bits per heavy atom. The first-order valence-electron chi connectivity index (χ1n) is 15.6. The fourth-order valence-corrected chi connectivity index (χ4v) is 7.54. The number of aliphatic hydroxyl groups excluding tert-OH is 2. The molecule has 0 aromatic heterocycles. The van der Waals surface area contributed by atoms with Crippen LogP contribution in [0.2, 0.25) is 0 Å². The molecule has 4 aliphatic heterocycles. The number of hydrogen-bond donors (Lipinski definition) is 7. The zero-order valence-corrected chi connectivity index (χ0v) is 25.4. The Labute approximate surface area is 245 Å². The van der Waals surface area contributed by atoms with E-state index in [-0.39, 0.29) is 30.0 Å². The minimum absolute atomic E-state index is 0.00342. The van der Waals surface area contributed by atoms with E-state index in [0.717, 1.165) is 13.0 Å². The molecule has 0 radical (unpaired) electrons. The first kappa shape index (κ1) is 29.5. The standard InChI is InChI=1S/C30H52N8O3/c1-6-37(14-22-25(39)26(40)29(41-22)38-16-32-24-27(31)33-15-36(5)28(24)38)19-11-17(12-19)7-10-23-34-20-9-8-18(30(2,3)4)13-21(20)35-23/h8-9,13,17,19,22-29,32-35,39-40H,6-7,10-12,14-16,31H2,1-5H3/t17?,19?,22-,23?,24?,25-,26-,27?,28?,29-/m1/s1. The van der Waals surface area contributed by atoms with Crippen molar-refractivity contribution in [2.45, 2.75) is 114 Å². The monoisotopic (exact) mass is 572 g/mol. The molecule has 1 aliphatic carbocycles. The van der Waals surface area contributed by atoms with E-state index in [1.807, 2.05) is 7.05 Å². The summed E-state index contributed by atoms with van der Waals surface area (Å²) in [5.74, 6) is 0.714. The number of anilines is 2. The molecule has 8 atom stereocenters. The van der Waals surface area contributed by atoms with E-state index in [4.69, 9.17) is 10.5 Å². The van der Waals surface area contributed by atoms with Crippen molar-refractivity contribution in [2.75, 3.05) is 44.1 Å². The van der Waals surface area contributed by atoms with Crippen molar-refractivity contribution < 1.29 is 14.9 Å². The van der Waals surface area contributed by atoms with Crippen LogP contribution in [0.3, 0.4) is 0 Å². The lowest BCUT2D eigenvalue weighted by molar-refractivity contribution is -0.129. The average Bonchev–Trinajstić information content (AvgIpc) is 3.60. The molecule has 1 aromatic carbocycles. The first-order valence-corrected chi connectivity index (χ1v) is 15.6. The van der Waals surface area contributed by atoms with Crippen LogP contribution in [0.1, 0.15) is 58.9 Å². The molecular weight excluding hydrogens is 520 g/mol. The fourth-order valence-electron chi connectivity index (χ4n) is 7.54. The summed E-state index contributed by atoms with van der Waals surface area (Å²) in [6.45, 7) is 11.7. The van der Waals surface area contributed by atoms with Crippen molar-refractivity contribution in [1.29, 1.82) is 0 Å². The number of hydrogen-bond acceptors (Lipinski definition) is 11. The molecule has 0 bridgehead atoms. The third-order valence-electron chi connectivity index (χ3n) is 10.2. The lowest BCUT2D eigenvalue weighted by atomic mass is 9.76. The maximum atomic E-state index is 11.0. The Balaban J connectivity index is 0.972. The molecule has 0 amide bonds. The maximum Gasteiger partial charge on any atom is 0.142 e. The quantitative estimate of drug-likeness (QED) is 0.239. The Morgan fingerprint density at radius 2 is 1.80 bits per heavy atom. The molecule has 230 valence electrons. The molecule has 0 spiro atoms. The van der Waals surface area contributed by atoms with Gasteiger partial charge in [0.15, 0.2) is 0 Å². The normalized spacial score (nSPS) is 39.3. The topological polar surface area (TPSA) is 134 Å². The van der Waals surface area contributed by atoms with Gasteiger partial charge in [-0.05, 0) is 68.3 Å². The smallest absolute Gasteiger partial charge is 0.142 e. The molecule has 4 heterocycles. The van der Waals surface area contributed by atoms with Crippen LogP contribution in [0, 0.1) is 5.92 Å². The van der Waals surface area contributed by atoms with Crippen molar-refractivity contribution in [1.82, 2.24) is 25.3 Å². The summed E-state index contributed by atoms with van der Waals surface area (Å²) in [4.78, 5) is 6.73. The van der Waals surface area contributed by atoms with E-state index in [9.17, 15) is 10.2 Å². The van der Waals surface area contributed by atoms with E-state index < -0.39 is 24.5 Å². The Hall–Kier alpha value is -1.54.